The lowest BCUT2D eigenvalue weighted by molar-refractivity contribution is 0.109. The SMILES string of the molecule is CCOCCOc1c(N2CCN(S(=O)(=O)c3ccccn3)CC2)cnn(-c2cccc(Cl)c2)c1=O. The van der Waals surface area contributed by atoms with Crippen molar-refractivity contribution in [2.24, 2.45) is 0 Å². The Morgan fingerprint density at radius 3 is 2.54 bits per heavy atom. The highest BCUT2D eigenvalue weighted by molar-refractivity contribution is 7.89. The van der Waals surface area contributed by atoms with Crippen LogP contribution in [0.2, 0.25) is 5.02 Å². The van der Waals surface area contributed by atoms with Gasteiger partial charge in [-0.15, -0.1) is 0 Å². The van der Waals surface area contributed by atoms with Gasteiger partial charge in [-0.2, -0.15) is 14.1 Å². The monoisotopic (exact) mass is 519 g/mol. The largest absolute Gasteiger partial charge is 0.484 e. The fourth-order valence-corrected chi connectivity index (χ4v) is 5.27. The Bertz CT molecular complexity index is 1310. The van der Waals surface area contributed by atoms with E-state index in [0.717, 1.165) is 0 Å². The Labute approximate surface area is 208 Å². The second kappa shape index (κ2) is 11.2. The van der Waals surface area contributed by atoms with Crippen molar-refractivity contribution in [3.8, 4) is 11.4 Å². The number of anilines is 1. The van der Waals surface area contributed by atoms with Gasteiger partial charge in [-0.1, -0.05) is 23.7 Å². The van der Waals surface area contributed by atoms with E-state index < -0.39 is 15.6 Å². The molecule has 0 N–H and O–H groups in total. The van der Waals surface area contributed by atoms with Crippen LogP contribution in [-0.2, 0) is 14.8 Å². The average molecular weight is 520 g/mol. The van der Waals surface area contributed by atoms with Crippen LogP contribution in [0.1, 0.15) is 6.92 Å². The molecular weight excluding hydrogens is 494 g/mol. The molecule has 186 valence electrons. The summed E-state index contributed by atoms with van der Waals surface area (Å²) in [6.07, 6.45) is 3.01. The minimum absolute atomic E-state index is 0.0131. The first kappa shape index (κ1) is 25.1. The number of rotatable bonds is 9. The second-order valence-electron chi connectivity index (χ2n) is 7.66. The molecule has 0 bridgehead atoms. The third-order valence-corrected chi connectivity index (χ3v) is 7.52. The number of halogens is 1. The van der Waals surface area contributed by atoms with Crippen LogP contribution in [0.25, 0.3) is 5.69 Å². The number of aromatic nitrogens is 3. The number of piperazine rings is 1. The predicted molar refractivity (Wildman–Crippen MR) is 132 cm³/mol. The maximum absolute atomic E-state index is 13.4. The summed E-state index contributed by atoms with van der Waals surface area (Å²) in [5.74, 6) is 0.126. The van der Waals surface area contributed by atoms with Crippen LogP contribution < -0.4 is 15.2 Å². The van der Waals surface area contributed by atoms with Gasteiger partial charge in [-0.05, 0) is 37.3 Å². The van der Waals surface area contributed by atoms with Gasteiger partial charge in [-0.3, -0.25) is 4.79 Å². The molecule has 0 radical (unpaired) electrons. The summed E-state index contributed by atoms with van der Waals surface area (Å²) in [5, 5.41) is 4.83. The number of hydrogen-bond acceptors (Lipinski definition) is 8. The Hall–Kier alpha value is -2.99. The second-order valence-corrected chi connectivity index (χ2v) is 9.98. The maximum atomic E-state index is 13.4. The number of hydrogen-bond donors (Lipinski definition) is 0. The molecule has 4 rings (SSSR count). The molecule has 1 aromatic carbocycles. The first-order valence-corrected chi connectivity index (χ1v) is 13.0. The van der Waals surface area contributed by atoms with Gasteiger partial charge in [0, 0.05) is 44.0 Å². The predicted octanol–water partition coefficient (Wildman–Crippen LogP) is 2.21. The highest BCUT2D eigenvalue weighted by atomic mass is 35.5. The summed E-state index contributed by atoms with van der Waals surface area (Å²) in [5.41, 5.74) is 0.569. The first-order chi connectivity index (χ1) is 16.9. The van der Waals surface area contributed by atoms with Gasteiger partial charge >= 0.3 is 5.56 Å². The summed E-state index contributed by atoms with van der Waals surface area (Å²) in [6, 6.07) is 11.6. The third-order valence-electron chi connectivity index (χ3n) is 5.47. The Balaban J connectivity index is 1.59. The number of sulfonamides is 1. The molecule has 0 amide bonds. The zero-order valence-electron chi connectivity index (χ0n) is 19.2. The Kier molecular flexibility index (Phi) is 8.01. The van der Waals surface area contributed by atoms with E-state index in [2.05, 4.69) is 10.1 Å². The molecular formula is C23H26ClN5O5S. The van der Waals surface area contributed by atoms with Crippen LogP contribution in [-0.4, -0.2) is 73.5 Å². The fraction of sp³-hybridized carbons (Fsp3) is 0.348. The van der Waals surface area contributed by atoms with Crippen molar-refractivity contribution in [1.82, 2.24) is 19.1 Å². The van der Waals surface area contributed by atoms with Crippen molar-refractivity contribution in [1.29, 1.82) is 0 Å². The first-order valence-electron chi connectivity index (χ1n) is 11.2. The lowest BCUT2D eigenvalue weighted by atomic mass is 10.3. The molecule has 0 spiro atoms. The van der Waals surface area contributed by atoms with Gasteiger partial charge in [0.25, 0.3) is 10.0 Å². The molecule has 0 saturated carbocycles. The van der Waals surface area contributed by atoms with Crippen LogP contribution in [0.15, 0.2) is 64.7 Å². The van der Waals surface area contributed by atoms with Crippen LogP contribution in [0, 0.1) is 0 Å². The molecule has 35 heavy (non-hydrogen) atoms. The van der Waals surface area contributed by atoms with E-state index in [1.54, 1.807) is 42.6 Å². The molecule has 10 nitrogen and oxygen atoms in total. The standard InChI is InChI=1S/C23H26ClN5O5S/c1-2-33-14-15-34-22-20(17-26-29(23(22)30)19-7-5-6-18(24)16-19)27-10-12-28(13-11-27)35(31,32)21-8-3-4-9-25-21/h3-9,16-17H,2,10-15H2,1H3. The average Bonchev–Trinajstić information content (AvgIpc) is 2.88. The number of benzene rings is 1. The highest BCUT2D eigenvalue weighted by Gasteiger charge is 2.31. The van der Waals surface area contributed by atoms with Gasteiger partial charge < -0.3 is 14.4 Å². The molecule has 2 aromatic heterocycles. The van der Waals surface area contributed by atoms with Gasteiger partial charge in [0.2, 0.25) is 5.75 Å². The third kappa shape index (κ3) is 5.64. The fourth-order valence-electron chi connectivity index (χ4n) is 3.73. The van der Waals surface area contributed by atoms with Crippen molar-refractivity contribution in [2.75, 3.05) is 50.9 Å². The number of ether oxygens (including phenoxy) is 2. The van der Waals surface area contributed by atoms with Gasteiger partial charge in [-0.25, -0.2) is 13.4 Å². The highest BCUT2D eigenvalue weighted by Crippen LogP contribution is 2.27. The molecule has 1 aliphatic rings. The molecule has 0 aliphatic carbocycles. The smallest absolute Gasteiger partial charge is 0.316 e. The Morgan fingerprint density at radius 2 is 1.86 bits per heavy atom. The summed E-state index contributed by atoms with van der Waals surface area (Å²) >= 11 is 6.10. The lowest BCUT2D eigenvalue weighted by Gasteiger charge is -2.35. The van der Waals surface area contributed by atoms with E-state index in [1.807, 2.05) is 11.8 Å². The van der Waals surface area contributed by atoms with Crippen molar-refractivity contribution in [2.45, 2.75) is 11.9 Å². The molecule has 0 atom stereocenters. The van der Waals surface area contributed by atoms with Crippen molar-refractivity contribution >= 4 is 27.3 Å². The molecule has 1 aliphatic heterocycles. The van der Waals surface area contributed by atoms with Gasteiger partial charge in [0.05, 0.1) is 18.5 Å². The summed E-state index contributed by atoms with van der Waals surface area (Å²) in [6.45, 7) is 4.10. The van der Waals surface area contributed by atoms with E-state index >= 15 is 0 Å². The van der Waals surface area contributed by atoms with Gasteiger partial charge in [0.15, 0.2) is 5.03 Å². The van der Waals surface area contributed by atoms with Crippen molar-refractivity contribution < 1.29 is 17.9 Å². The number of nitrogens with zero attached hydrogens (tertiary/aromatic N) is 5. The molecule has 1 fully saturated rings. The van der Waals surface area contributed by atoms with Crippen LogP contribution in [0.3, 0.4) is 0 Å². The lowest BCUT2D eigenvalue weighted by Crippen LogP contribution is -2.49. The molecule has 0 unspecified atom stereocenters. The summed E-state index contributed by atoms with van der Waals surface area (Å²) in [7, 11) is -3.70. The van der Waals surface area contributed by atoms with E-state index in [4.69, 9.17) is 21.1 Å². The van der Waals surface area contributed by atoms with Crippen molar-refractivity contribution in [3.63, 3.8) is 0 Å². The van der Waals surface area contributed by atoms with Crippen LogP contribution in [0.4, 0.5) is 5.69 Å². The zero-order valence-corrected chi connectivity index (χ0v) is 20.8. The minimum Gasteiger partial charge on any atom is -0.484 e. The van der Waals surface area contributed by atoms with Gasteiger partial charge in [0.1, 0.15) is 12.3 Å². The summed E-state index contributed by atoms with van der Waals surface area (Å²) in [4.78, 5) is 19.3. The molecule has 3 heterocycles. The summed E-state index contributed by atoms with van der Waals surface area (Å²) < 4.78 is 39.7. The van der Waals surface area contributed by atoms with Crippen LogP contribution in [0.5, 0.6) is 5.75 Å². The molecule has 12 heteroatoms. The zero-order chi connectivity index (χ0) is 24.8. The molecule has 3 aromatic rings. The van der Waals surface area contributed by atoms with Crippen LogP contribution >= 0.6 is 11.6 Å². The normalized spacial score (nSPS) is 14.7. The van der Waals surface area contributed by atoms with E-state index in [9.17, 15) is 13.2 Å². The molecule has 1 saturated heterocycles. The Morgan fingerprint density at radius 1 is 1.06 bits per heavy atom. The maximum Gasteiger partial charge on any atom is 0.316 e. The van der Waals surface area contributed by atoms with Crippen molar-refractivity contribution in [3.05, 3.63) is 70.2 Å². The quantitative estimate of drug-likeness (QED) is 0.396. The minimum atomic E-state index is -3.70. The number of pyridine rings is 1. The van der Waals surface area contributed by atoms with E-state index in [1.165, 1.54) is 21.3 Å². The van der Waals surface area contributed by atoms with E-state index in [0.29, 0.717) is 42.7 Å². The van der Waals surface area contributed by atoms with E-state index in [-0.39, 0.29) is 30.5 Å². The topological polar surface area (TPSA) is 107 Å².